The van der Waals surface area contributed by atoms with E-state index < -0.39 is 10.3 Å². The third-order valence-electron chi connectivity index (χ3n) is 1.11. The van der Waals surface area contributed by atoms with Gasteiger partial charge in [0.15, 0.2) is 4.64 Å². The standard InChI is InChI=1S/C6H7NO2S/c1-5-2-3-7-6(4-5)10(8)9/h2-4,7H,1H3. The lowest BCUT2D eigenvalue weighted by Gasteiger charge is -1.85. The van der Waals surface area contributed by atoms with E-state index in [9.17, 15) is 8.42 Å². The molecule has 0 spiro atoms. The Morgan fingerprint density at radius 1 is 1.50 bits per heavy atom. The van der Waals surface area contributed by atoms with Gasteiger partial charge in [-0.3, -0.25) is 0 Å². The van der Waals surface area contributed by atoms with Gasteiger partial charge in [-0.2, -0.15) is 8.42 Å². The Kier molecular flexibility index (Phi) is 1.91. The summed E-state index contributed by atoms with van der Waals surface area (Å²) in [5.74, 6) is 0. The summed E-state index contributed by atoms with van der Waals surface area (Å²) in [7, 11) is -2.14. The summed E-state index contributed by atoms with van der Waals surface area (Å²) in [6.07, 6.45) is 1.60. The van der Waals surface area contributed by atoms with Crippen LogP contribution >= 0.6 is 0 Å². The lowest BCUT2D eigenvalue weighted by Crippen LogP contribution is -1.77. The molecule has 0 aliphatic rings. The highest BCUT2D eigenvalue weighted by Crippen LogP contribution is 1.91. The second-order valence-corrected chi connectivity index (χ2v) is 2.87. The zero-order chi connectivity index (χ0) is 7.56. The molecule has 3 nitrogen and oxygen atoms in total. The SMILES string of the molecule is Cc1cc[nH]c(=S(=O)=O)c1. The molecule has 1 N–H and O–H groups in total. The van der Waals surface area contributed by atoms with Crippen LogP contribution in [-0.2, 0) is 10.3 Å². The molecule has 0 saturated carbocycles. The molecule has 0 saturated heterocycles. The van der Waals surface area contributed by atoms with Crippen molar-refractivity contribution in [3.05, 3.63) is 28.5 Å². The highest BCUT2D eigenvalue weighted by molar-refractivity contribution is 7.63. The number of hydrogen-bond acceptors (Lipinski definition) is 2. The summed E-state index contributed by atoms with van der Waals surface area (Å²) in [5, 5.41) is 0. The minimum atomic E-state index is -2.14. The number of aromatic amines is 1. The van der Waals surface area contributed by atoms with E-state index in [1.807, 2.05) is 6.92 Å². The molecule has 0 bridgehead atoms. The smallest absolute Gasteiger partial charge is 0.238 e. The summed E-state index contributed by atoms with van der Waals surface area (Å²) >= 11 is 0. The topological polar surface area (TPSA) is 49.9 Å². The molecule has 4 heteroatoms. The zero-order valence-electron chi connectivity index (χ0n) is 5.46. The zero-order valence-corrected chi connectivity index (χ0v) is 6.27. The number of H-pyrrole nitrogens is 1. The number of aromatic nitrogens is 1. The van der Waals surface area contributed by atoms with Crippen LogP contribution in [0, 0.1) is 11.6 Å². The number of rotatable bonds is 0. The average Bonchev–Trinajstić information content (AvgIpc) is 1.88. The van der Waals surface area contributed by atoms with Gasteiger partial charge in [-0.1, -0.05) is 0 Å². The third kappa shape index (κ3) is 1.48. The fourth-order valence-corrected chi connectivity index (χ4v) is 1.09. The minimum Gasteiger partial charge on any atom is -0.349 e. The van der Waals surface area contributed by atoms with Gasteiger partial charge in [0.25, 0.3) is 0 Å². The van der Waals surface area contributed by atoms with Crippen molar-refractivity contribution in [2.75, 3.05) is 0 Å². The number of hydrogen-bond donors (Lipinski definition) is 1. The molecule has 10 heavy (non-hydrogen) atoms. The molecule has 1 aromatic heterocycles. The molecule has 0 aromatic carbocycles. The predicted octanol–water partition coefficient (Wildman–Crippen LogP) is 0.734. The Morgan fingerprint density at radius 3 is 2.60 bits per heavy atom. The molecule has 54 valence electrons. The summed E-state index contributed by atoms with van der Waals surface area (Å²) in [6, 6.07) is 3.37. The molecular formula is C6H7NO2S. The van der Waals surface area contributed by atoms with E-state index in [0.717, 1.165) is 5.56 Å². The van der Waals surface area contributed by atoms with Crippen LogP contribution in [0.5, 0.6) is 0 Å². The molecule has 1 heterocycles. The quantitative estimate of drug-likeness (QED) is 0.564. The third-order valence-corrected chi connectivity index (χ3v) is 1.70. The first-order chi connectivity index (χ1) is 4.70. The summed E-state index contributed by atoms with van der Waals surface area (Å²) < 4.78 is 20.9. The fourth-order valence-electron chi connectivity index (χ4n) is 0.648. The van der Waals surface area contributed by atoms with Gasteiger partial charge in [0.05, 0.1) is 0 Å². The van der Waals surface area contributed by atoms with Crippen molar-refractivity contribution in [2.45, 2.75) is 6.92 Å². The second-order valence-electron chi connectivity index (χ2n) is 1.96. The van der Waals surface area contributed by atoms with Gasteiger partial charge in [-0.15, -0.1) is 0 Å². The highest BCUT2D eigenvalue weighted by atomic mass is 32.2. The molecule has 0 amide bonds. The number of nitrogens with one attached hydrogen (secondary N) is 1. The Bertz CT molecular complexity index is 380. The average molecular weight is 157 g/mol. The first-order valence-electron chi connectivity index (χ1n) is 2.78. The van der Waals surface area contributed by atoms with Crippen LogP contribution in [0.2, 0.25) is 0 Å². The van der Waals surface area contributed by atoms with Gasteiger partial charge < -0.3 is 4.98 Å². The van der Waals surface area contributed by atoms with Gasteiger partial charge in [0, 0.05) is 6.20 Å². The van der Waals surface area contributed by atoms with Gasteiger partial charge in [-0.05, 0) is 24.6 Å². The second kappa shape index (κ2) is 2.70. The van der Waals surface area contributed by atoms with Crippen LogP contribution in [-0.4, -0.2) is 13.4 Å². The van der Waals surface area contributed by atoms with E-state index in [-0.39, 0.29) is 4.64 Å². The molecule has 1 rings (SSSR count). The predicted molar refractivity (Wildman–Crippen MR) is 37.7 cm³/mol. The van der Waals surface area contributed by atoms with E-state index in [0.29, 0.717) is 0 Å². The van der Waals surface area contributed by atoms with Crippen molar-refractivity contribution < 1.29 is 8.42 Å². The molecular weight excluding hydrogens is 150 g/mol. The molecule has 0 aliphatic carbocycles. The fraction of sp³-hybridized carbons (Fsp3) is 0.167. The molecule has 0 aliphatic heterocycles. The molecule has 0 unspecified atom stereocenters. The Balaban J connectivity index is 3.65. The van der Waals surface area contributed by atoms with Crippen molar-refractivity contribution in [3.8, 4) is 0 Å². The van der Waals surface area contributed by atoms with Gasteiger partial charge in [0.2, 0.25) is 10.3 Å². The van der Waals surface area contributed by atoms with E-state index in [1.54, 1.807) is 18.3 Å². The summed E-state index contributed by atoms with van der Waals surface area (Å²) in [5.41, 5.74) is 0.929. The Labute approximate surface area is 59.9 Å². The number of pyridine rings is 1. The van der Waals surface area contributed by atoms with Crippen molar-refractivity contribution in [1.29, 1.82) is 0 Å². The first-order valence-corrected chi connectivity index (χ1v) is 3.85. The molecule has 0 radical (unpaired) electrons. The van der Waals surface area contributed by atoms with Crippen LogP contribution in [0.4, 0.5) is 0 Å². The van der Waals surface area contributed by atoms with Crippen LogP contribution < -0.4 is 0 Å². The monoisotopic (exact) mass is 157 g/mol. The minimum absolute atomic E-state index is 0.222. The summed E-state index contributed by atoms with van der Waals surface area (Å²) in [6.45, 7) is 1.84. The van der Waals surface area contributed by atoms with E-state index in [2.05, 4.69) is 4.98 Å². The van der Waals surface area contributed by atoms with Crippen LogP contribution in [0.15, 0.2) is 18.3 Å². The van der Waals surface area contributed by atoms with Crippen molar-refractivity contribution in [2.24, 2.45) is 0 Å². The van der Waals surface area contributed by atoms with Gasteiger partial charge in [-0.25, -0.2) is 0 Å². The van der Waals surface area contributed by atoms with E-state index >= 15 is 0 Å². The van der Waals surface area contributed by atoms with Crippen LogP contribution in [0.25, 0.3) is 0 Å². The summed E-state index contributed by atoms with van der Waals surface area (Å²) in [4.78, 5) is 2.60. The van der Waals surface area contributed by atoms with Crippen LogP contribution in [0.1, 0.15) is 5.56 Å². The van der Waals surface area contributed by atoms with Crippen molar-refractivity contribution in [1.82, 2.24) is 4.98 Å². The normalized spacial score (nSPS) is 9.30. The Hall–Kier alpha value is -1.03. The van der Waals surface area contributed by atoms with E-state index in [4.69, 9.17) is 0 Å². The van der Waals surface area contributed by atoms with Crippen molar-refractivity contribution in [3.63, 3.8) is 0 Å². The van der Waals surface area contributed by atoms with Gasteiger partial charge >= 0.3 is 0 Å². The maximum Gasteiger partial charge on any atom is 0.238 e. The highest BCUT2D eigenvalue weighted by Gasteiger charge is 1.82. The largest absolute Gasteiger partial charge is 0.349 e. The molecule has 0 atom stereocenters. The molecule has 1 aromatic rings. The first kappa shape index (κ1) is 7.08. The Morgan fingerprint density at radius 2 is 2.20 bits per heavy atom. The lowest BCUT2D eigenvalue weighted by atomic mass is 10.3. The van der Waals surface area contributed by atoms with E-state index in [1.165, 1.54) is 0 Å². The maximum atomic E-state index is 10.3. The lowest BCUT2D eigenvalue weighted by molar-refractivity contribution is 0.624. The van der Waals surface area contributed by atoms with Crippen LogP contribution in [0.3, 0.4) is 0 Å². The number of aryl methyl sites for hydroxylation is 1. The van der Waals surface area contributed by atoms with Crippen molar-refractivity contribution >= 4 is 10.3 Å². The molecule has 0 fully saturated rings. The maximum absolute atomic E-state index is 10.3. The van der Waals surface area contributed by atoms with Gasteiger partial charge in [0.1, 0.15) is 0 Å².